The normalized spacial score (nSPS) is 11.5. The summed E-state index contributed by atoms with van der Waals surface area (Å²) in [6, 6.07) is 7.51. The number of halogens is 5. The van der Waals surface area contributed by atoms with Gasteiger partial charge in [0.2, 0.25) is 0 Å². The van der Waals surface area contributed by atoms with Crippen LogP contribution in [0.5, 0.6) is 0 Å². The first-order valence-electron chi connectivity index (χ1n) is 8.68. The fourth-order valence-corrected chi connectivity index (χ4v) is 5.35. The number of nitrogens with two attached hydrogens (primary N) is 1. The lowest BCUT2D eigenvalue weighted by atomic mass is 10.1. The van der Waals surface area contributed by atoms with E-state index in [4.69, 9.17) is 18.9 Å². The van der Waals surface area contributed by atoms with Crippen LogP contribution in [0.2, 0.25) is 0 Å². The van der Waals surface area contributed by atoms with E-state index in [9.17, 15) is 31.5 Å². The summed E-state index contributed by atoms with van der Waals surface area (Å²) in [4.78, 5) is 0.348. The highest BCUT2D eigenvalue weighted by Crippen LogP contribution is 2.48. The van der Waals surface area contributed by atoms with Gasteiger partial charge in [-0.2, -0.15) is 5.26 Å². The zero-order valence-electron chi connectivity index (χ0n) is 16.7. The average molecular weight is 484 g/mol. The van der Waals surface area contributed by atoms with Crippen LogP contribution in [0.3, 0.4) is 0 Å². The number of benzene rings is 1. The summed E-state index contributed by atoms with van der Waals surface area (Å²) < 4.78 is 81.8. The predicted molar refractivity (Wildman–Crippen MR) is 106 cm³/mol. The van der Waals surface area contributed by atoms with Crippen molar-refractivity contribution in [2.75, 3.05) is 19.5 Å². The molecule has 0 saturated heterocycles. The van der Waals surface area contributed by atoms with Gasteiger partial charge < -0.3 is 30.7 Å². The summed E-state index contributed by atoms with van der Waals surface area (Å²) in [5.41, 5.74) is 0.435. The highest BCUT2D eigenvalue weighted by Gasteiger charge is 2.38. The van der Waals surface area contributed by atoms with Gasteiger partial charge in [0, 0.05) is 5.56 Å². The van der Waals surface area contributed by atoms with Crippen molar-refractivity contribution in [3.8, 4) is 17.4 Å². The van der Waals surface area contributed by atoms with Gasteiger partial charge in [-0.05, 0) is 44.4 Å². The van der Waals surface area contributed by atoms with Gasteiger partial charge in [0.15, 0.2) is 11.1 Å². The van der Waals surface area contributed by atoms with Crippen LogP contribution in [-0.2, 0) is 13.6 Å². The lowest BCUT2D eigenvalue weighted by Crippen LogP contribution is -2.53. The first-order chi connectivity index (χ1) is 14.4. The lowest BCUT2D eigenvalue weighted by molar-refractivity contribution is -0.196. The second-order valence-electron chi connectivity index (χ2n) is 5.50. The molecule has 0 aliphatic heterocycles. The van der Waals surface area contributed by atoms with Gasteiger partial charge in [0.25, 0.3) is 0 Å². The monoisotopic (exact) mass is 484 g/mol. The van der Waals surface area contributed by atoms with Crippen LogP contribution in [0, 0.1) is 17.1 Å². The Balaban J connectivity index is 0.000000861. The molecule has 0 spiro atoms. The molecule has 6 nitrogen and oxygen atoms in total. The zero-order valence-corrected chi connectivity index (χ0v) is 18.4. The summed E-state index contributed by atoms with van der Waals surface area (Å²) in [6.07, 6.45) is 1.72. The van der Waals surface area contributed by atoms with E-state index < -0.39 is 20.7 Å². The van der Waals surface area contributed by atoms with Gasteiger partial charge in [0.05, 0.1) is 18.1 Å². The number of thioether (sulfide) groups is 1. The smallest absolute Gasteiger partial charge is 0.418 e. The molecule has 1 aromatic carbocycles. The number of nitriles is 1. The molecule has 0 amide bonds. The van der Waals surface area contributed by atoms with E-state index in [-0.39, 0.29) is 35.4 Å². The van der Waals surface area contributed by atoms with E-state index in [1.54, 1.807) is 20.1 Å². The SMILES string of the molecule is CCOP(=O)(OCC)c1c(SC)c(C#N)c(-c2ccc(F)cc2)oc1=[NH2+].F[B-](F)(F)F. The van der Waals surface area contributed by atoms with Gasteiger partial charge in [-0.25, -0.2) is 9.80 Å². The van der Waals surface area contributed by atoms with Crippen molar-refractivity contribution in [2.24, 2.45) is 0 Å². The predicted octanol–water partition coefficient (Wildman–Crippen LogP) is 3.53. The first kappa shape index (κ1) is 26.9. The third-order valence-electron chi connectivity index (χ3n) is 3.41. The largest absolute Gasteiger partial charge is 0.673 e. The highest BCUT2D eigenvalue weighted by molar-refractivity contribution is 7.99. The Morgan fingerprint density at radius 2 is 1.65 bits per heavy atom. The highest BCUT2D eigenvalue weighted by atomic mass is 32.2. The minimum absolute atomic E-state index is 0.0381. The minimum Gasteiger partial charge on any atom is -0.418 e. The molecule has 2 rings (SSSR count). The fraction of sp³-hybridized carbons (Fsp3) is 0.294. The molecule has 0 aliphatic carbocycles. The molecule has 14 heteroatoms. The van der Waals surface area contributed by atoms with Crippen molar-refractivity contribution in [2.45, 2.75) is 18.7 Å². The molecule has 2 aromatic rings. The van der Waals surface area contributed by atoms with Crippen molar-refractivity contribution < 1.29 is 45.1 Å². The molecular weight excluding hydrogens is 465 g/mol. The van der Waals surface area contributed by atoms with Gasteiger partial charge in [-0.1, -0.05) is 0 Å². The fourth-order valence-electron chi connectivity index (χ4n) is 2.41. The Labute approximate surface area is 179 Å². The van der Waals surface area contributed by atoms with Crippen molar-refractivity contribution in [1.29, 1.82) is 5.26 Å². The van der Waals surface area contributed by atoms with Crippen molar-refractivity contribution in [3.05, 3.63) is 41.2 Å². The minimum atomic E-state index is -6.00. The van der Waals surface area contributed by atoms with Gasteiger partial charge in [-0.15, -0.1) is 11.8 Å². The van der Waals surface area contributed by atoms with Crippen LogP contribution >= 0.6 is 19.4 Å². The van der Waals surface area contributed by atoms with Crippen LogP contribution in [0.15, 0.2) is 33.6 Å². The standard InChI is InChI=1S/C17H18FN2O4PS.BF4/c1-4-22-25(21,23-5-2)15-16(26-3)13(10-19)14(24-17(15)20)11-6-8-12(18)9-7-11;2-1(3,4)5/h6-9,20H,4-5H2,1-3H3;/q;-1/p+1. The maximum absolute atomic E-state index is 13.2. The number of hydrogen-bond donors (Lipinski definition) is 1. The molecule has 2 N–H and O–H groups in total. The van der Waals surface area contributed by atoms with Crippen LogP contribution in [0.4, 0.5) is 21.7 Å². The maximum Gasteiger partial charge on any atom is 0.673 e. The van der Waals surface area contributed by atoms with E-state index in [1.165, 1.54) is 36.0 Å². The molecule has 31 heavy (non-hydrogen) atoms. The Morgan fingerprint density at radius 3 is 2.03 bits per heavy atom. The summed E-state index contributed by atoms with van der Waals surface area (Å²) in [5, 5.41) is 15.8. The second-order valence-corrected chi connectivity index (χ2v) is 8.27. The lowest BCUT2D eigenvalue weighted by Gasteiger charge is -2.18. The van der Waals surface area contributed by atoms with E-state index in [0.29, 0.717) is 10.5 Å². The Morgan fingerprint density at radius 1 is 1.16 bits per heavy atom. The Hall–Kier alpha value is -2.13. The molecule has 170 valence electrons. The molecule has 0 saturated carbocycles. The van der Waals surface area contributed by atoms with E-state index in [1.807, 2.05) is 0 Å². The average Bonchev–Trinajstić information content (AvgIpc) is 2.66. The molecule has 0 bridgehead atoms. The van der Waals surface area contributed by atoms with Crippen molar-refractivity contribution in [1.82, 2.24) is 0 Å². The third kappa shape index (κ3) is 7.50. The molecule has 1 heterocycles. The Kier molecular flexibility index (Phi) is 9.97. The molecule has 0 atom stereocenters. The van der Waals surface area contributed by atoms with E-state index in [2.05, 4.69) is 6.07 Å². The van der Waals surface area contributed by atoms with Crippen LogP contribution < -0.4 is 16.3 Å². The van der Waals surface area contributed by atoms with Crippen molar-refractivity contribution >= 4 is 31.9 Å². The van der Waals surface area contributed by atoms with Crippen LogP contribution in [0.25, 0.3) is 11.3 Å². The van der Waals surface area contributed by atoms with Crippen LogP contribution in [0.1, 0.15) is 19.4 Å². The third-order valence-corrected chi connectivity index (χ3v) is 6.56. The van der Waals surface area contributed by atoms with Crippen LogP contribution in [-0.4, -0.2) is 26.7 Å². The molecule has 0 fully saturated rings. The number of rotatable bonds is 7. The summed E-state index contributed by atoms with van der Waals surface area (Å²) in [6.45, 7) is 3.62. The summed E-state index contributed by atoms with van der Waals surface area (Å²) in [7, 11) is -9.77. The molecule has 0 unspecified atom stereocenters. The maximum atomic E-state index is 13.2. The zero-order chi connectivity index (χ0) is 23.8. The molecule has 1 aromatic heterocycles. The van der Waals surface area contributed by atoms with Gasteiger partial charge >= 0.3 is 20.4 Å². The molecular formula is C17H19BF5N2O4PS. The quantitative estimate of drug-likeness (QED) is 0.280. The Bertz CT molecular complexity index is 1030. The van der Waals surface area contributed by atoms with Crippen molar-refractivity contribution in [3.63, 3.8) is 0 Å². The molecule has 0 aliphatic rings. The van der Waals surface area contributed by atoms with E-state index in [0.717, 1.165) is 0 Å². The number of hydrogen-bond acceptors (Lipinski definition) is 6. The topological polar surface area (TPSA) is 98.1 Å². The van der Waals surface area contributed by atoms with Gasteiger partial charge in [0.1, 0.15) is 17.4 Å². The second kappa shape index (κ2) is 11.5. The summed E-state index contributed by atoms with van der Waals surface area (Å²) >= 11 is 1.18. The molecule has 0 radical (unpaired) electrons. The summed E-state index contributed by atoms with van der Waals surface area (Å²) in [5.74, 6) is -0.253. The first-order valence-corrected chi connectivity index (χ1v) is 11.4. The van der Waals surface area contributed by atoms with Gasteiger partial charge in [-0.3, -0.25) is 4.57 Å². The number of nitrogens with zero attached hydrogens (tertiary/aromatic N) is 1. The van der Waals surface area contributed by atoms with E-state index >= 15 is 0 Å².